The van der Waals surface area contributed by atoms with Gasteiger partial charge in [0.05, 0.1) is 0 Å². The Bertz CT molecular complexity index is 4880. The maximum atomic E-state index is 2.45. The second-order valence-electron chi connectivity index (χ2n) is 24.3. The van der Waals surface area contributed by atoms with Crippen LogP contribution in [0.15, 0.2) is 328 Å². The molecule has 18 rings (SSSR count). The summed E-state index contributed by atoms with van der Waals surface area (Å²) in [7, 11) is 1.08. The molecular weight excluding hydrogens is 1200 g/mol. The Morgan fingerprint density at radius 3 is 0.685 bits per heavy atom. The van der Waals surface area contributed by atoms with Gasteiger partial charge >= 0.3 is 26.2 Å². The summed E-state index contributed by atoms with van der Waals surface area (Å²) in [6, 6.07) is 121. The Morgan fingerprint density at radius 2 is 0.435 bits per heavy atom. The van der Waals surface area contributed by atoms with E-state index < -0.39 is 0 Å². The fourth-order valence-corrected chi connectivity index (χ4v) is 14.7. The molecule has 92 heavy (non-hydrogen) atoms. The quantitative estimate of drug-likeness (QED) is 0.0808. The van der Waals surface area contributed by atoms with Gasteiger partial charge in [-0.05, 0) is 157 Å². The molecule has 0 N–H and O–H groups in total. The third-order valence-electron chi connectivity index (χ3n) is 18.6. The number of fused-ring (bicyclic) bond motifs is 10. The second kappa shape index (κ2) is 25.3. The van der Waals surface area contributed by atoms with Crippen LogP contribution in [-0.2, 0) is 39.0 Å². The molecule has 0 bridgehead atoms. The van der Waals surface area contributed by atoms with Gasteiger partial charge in [-0.1, -0.05) is 314 Å². The van der Waals surface area contributed by atoms with E-state index in [1.165, 1.54) is 174 Å². The van der Waals surface area contributed by atoms with Crippen LogP contribution >= 0.6 is 0 Å². The van der Waals surface area contributed by atoms with E-state index in [1.54, 1.807) is 0 Å². The predicted molar refractivity (Wildman–Crippen MR) is 397 cm³/mol. The van der Waals surface area contributed by atoms with Crippen LogP contribution < -0.4 is 0 Å². The second-order valence-corrected chi connectivity index (χ2v) is 25.3. The average molecular weight is 1260 g/mol. The number of rotatable bonds is 8. The molecule has 0 saturated carbocycles. The molecule has 0 spiro atoms. The molecule has 0 aliphatic rings. The summed E-state index contributed by atoms with van der Waals surface area (Å²) >= 11 is 0. The largest absolute Gasteiger partial charge is 2.00 e. The van der Waals surface area contributed by atoms with Crippen molar-refractivity contribution in [1.29, 1.82) is 0 Å². The van der Waals surface area contributed by atoms with E-state index in [0.29, 0.717) is 0 Å². The standard InChI is InChI=1S/2C44H29.C2H6Si.Zr/c2*1-2-12-29(13-3-1)24-30-25-41-39(43-35-18-8-4-14-31(35)27-32-15-5-9-19-36(32)43)22-23-40(42(41)26-30)44-37-20-10-6-16-33(37)28-34-17-7-11-21-38(34)44;1-3-2;/h2*1-23,25-28H,24H2;1-2H3;/q2*-1;;+2. The van der Waals surface area contributed by atoms with Gasteiger partial charge in [-0.25, -0.2) is 0 Å². The van der Waals surface area contributed by atoms with Crippen molar-refractivity contribution >= 4 is 117 Å². The molecule has 0 amide bonds. The summed E-state index contributed by atoms with van der Waals surface area (Å²) in [6.07, 6.45) is 1.81. The normalized spacial score (nSPS) is 11.4. The molecule has 2 radical (unpaired) electrons. The van der Waals surface area contributed by atoms with Crippen LogP contribution in [0.2, 0.25) is 13.1 Å². The van der Waals surface area contributed by atoms with Crippen molar-refractivity contribution in [2.75, 3.05) is 0 Å². The van der Waals surface area contributed by atoms with Gasteiger partial charge in [0.1, 0.15) is 0 Å². The third-order valence-corrected chi connectivity index (χ3v) is 18.6. The molecule has 0 atom stereocenters. The molecular formula is C90H64SiZr. The fourth-order valence-electron chi connectivity index (χ4n) is 14.7. The Morgan fingerprint density at radius 1 is 0.228 bits per heavy atom. The van der Waals surface area contributed by atoms with Gasteiger partial charge in [0.25, 0.3) is 0 Å². The van der Waals surface area contributed by atoms with Gasteiger partial charge in [0, 0.05) is 9.52 Å². The summed E-state index contributed by atoms with van der Waals surface area (Å²) in [5.74, 6) is 0. The van der Waals surface area contributed by atoms with Crippen molar-refractivity contribution in [3.63, 3.8) is 0 Å². The smallest absolute Gasteiger partial charge is 0.164 e. The summed E-state index contributed by atoms with van der Waals surface area (Å²) in [5.41, 5.74) is 15.8. The van der Waals surface area contributed by atoms with Gasteiger partial charge < -0.3 is 0 Å². The van der Waals surface area contributed by atoms with E-state index in [1.807, 2.05) is 0 Å². The van der Waals surface area contributed by atoms with Crippen molar-refractivity contribution < 1.29 is 26.2 Å². The van der Waals surface area contributed by atoms with Gasteiger partial charge in [-0.3, -0.25) is 0 Å². The van der Waals surface area contributed by atoms with E-state index >= 15 is 0 Å². The first-order valence-electron chi connectivity index (χ1n) is 31.8. The number of hydrogen-bond acceptors (Lipinski definition) is 0. The monoisotopic (exact) mass is 1260 g/mol. The summed E-state index contributed by atoms with van der Waals surface area (Å²) in [4.78, 5) is 0. The zero-order chi connectivity index (χ0) is 60.8. The van der Waals surface area contributed by atoms with Crippen LogP contribution in [0, 0.1) is 0 Å². The molecule has 0 nitrogen and oxygen atoms in total. The van der Waals surface area contributed by atoms with Crippen LogP contribution in [-0.4, -0.2) is 9.52 Å². The molecule has 0 unspecified atom stereocenters. The van der Waals surface area contributed by atoms with Gasteiger partial charge in [0.2, 0.25) is 0 Å². The molecule has 18 aromatic rings. The zero-order valence-electron chi connectivity index (χ0n) is 51.6. The van der Waals surface area contributed by atoms with Gasteiger partial charge in [-0.2, -0.15) is 12.1 Å². The Labute approximate surface area is 559 Å². The minimum Gasteiger partial charge on any atom is -0.164 e. The fraction of sp³-hybridized carbons (Fsp3) is 0.0444. The van der Waals surface area contributed by atoms with E-state index in [0.717, 1.165) is 22.4 Å². The van der Waals surface area contributed by atoms with Crippen molar-refractivity contribution in [1.82, 2.24) is 0 Å². The molecule has 0 heterocycles. The molecule has 0 fully saturated rings. The zero-order valence-corrected chi connectivity index (χ0v) is 55.0. The SMILES string of the molecule is C[Si]C.[Zr+2].c1ccc(Cc2cc3c(-c4c5ccccc5cc5ccccc45)ccc(-c4c5ccccc5cc5ccccc45)c3[cH-]2)cc1.c1ccc(Cc2cc3c(-c4c5ccccc5cc5ccccc45)ccc(-c4c5ccccc5cc5ccccc45)c3[cH-]2)cc1. The summed E-state index contributed by atoms with van der Waals surface area (Å²) < 4.78 is 0. The maximum absolute atomic E-state index is 2.45. The van der Waals surface area contributed by atoms with Crippen LogP contribution in [0.25, 0.3) is 152 Å². The van der Waals surface area contributed by atoms with Crippen molar-refractivity contribution in [2.24, 2.45) is 0 Å². The molecule has 0 aliphatic heterocycles. The van der Waals surface area contributed by atoms with Crippen molar-refractivity contribution in [3.8, 4) is 44.5 Å². The first kappa shape index (κ1) is 58.3. The summed E-state index contributed by atoms with van der Waals surface area (Å²) in [5, 5.41) is 25.8. The topological polar surface area (TPSA) is 0 Å². The van der Waals surface area contributed by atoms with Crippen LogP contribution in [0.3, 0.4) is 0 Å². The van der Waals surface area contributed by atoms with Crippen LogP contribution in [0.1, 0.15) is 22.3 Å². The molecule has 0 saturated heterocycles. The number of benzene rings is 16. The number of hydrogen-bond donors (Lipinski definition) is 0. The Hall–Kier alpha value is -10.1. The van der Waals surface area contributed by atoms with Crippen LogP contribution in [0.4, 0.5) is 0 Å². The molecule has 2 heteroatoms. The van der Waals surface area contributed by atoms with Gasteiger partial charge in [-0.15, -0.1) is 44.8 Å². The average Bonchev–Trinajstić information content (AvgIpc) is 1.36. The minimum atomic E-state index is 0. The minimum absolute atomic E-state index is 0. The van der Waals surface area contributed by atoms with E-state index in [2.05, 4.69) is 341 Å². The third kappa shape index (κ3) is 10.7. The predicted octanol–water partition coefficient (Wildman–Crippen LogP) is 25.0. The molecule has 432 valence electrons. The van der Waals surface area contributed by atoms with E-state index in [-0.39, 0.29) is 26.2 Å². The Balaban J connectivity index is 0.000000145. The van der Waals surface area contributed by atoms with Crippen molar-refractivity contribution in [2.45, 2.75) is 25.9 Å². The summed E-state index contributed by atoms with van der Waals surface area (Å²) in [6.45, 7) is 4.31. The molecule has 0 aromatic heterocycles. The van der Waals surface area contributed by atoms with Crippen LogP contribution in [0.5, 0.6) is 0 Å². The first-order chi connectivity index (χ1) is 45.0. The van der Waals surface area contributed by atoms with Crippen molar-refractivity contribution in [3.05, 3.63) is 350 Å². The van der Waals surface area contributed by atoms with Gasteiger partial charge in [0.15, 0.2) is 0 Å². The maximum Gasteiger partial charge on any atom is 2.00 e. The van der Waals surface area contributed by atoms with E-state index in [9.17, 15) is 0 Å². The first-order valence-corrected chi connectivity index (χ1v) is 33.8. The van der Waals surface area contributed by atoms with E-state index in [4.69, 9.17) is 0 Å². The molecule has 0 aliphatic carbocycles. The molecule has 18 aromatic carbocycles. The Kier molecular flexibility index (Phi) is 16.0.